The van der Waals surface area contributed by atoms with Crippen LogP contribution in [0.25, 0.3) is 0 Å². The van der Waals surface area contributed by atoms with E-state index < -0.39 is 0 Å². The van der Waals surface area contributed by atoms with Crippen molar-refractivity contribution in [2.75, 3.05) is 6.54 Å². The number of hydrogen-bond acceptors (Lipinski definition) is 3. The maximum atomic E-state index is 11.3. The van der Waals surface area contributed by atoms with Gasteiger partial charge in [0.25, 0.3) is 0 Å². The summed E-state index contributed by atoms with van der Waals surface area (Å²) < 4.78 is 5.09. The molecule has 0 radical (unpaired) electrons. The fraction of sp³-hybridized carbons (Fsp3) is 0.417. The van der Waals surface area contributed by atoms with Crippen molar-refractivity contribution in [2.45, 2.75) is 25.9 Å². The van der Waals surface area contributed by atoms with Crippen LogP contribution < -0.4 is 5.73 Å². The third-order valence-corrected chi connectivity index (χ3v) is 2.55. The van der Waals surface area contributed by atoms with Crippen LogP contribution >= 0.6 is 11.6 Å². The monoisotopic (exact) mass is 241 g/mol. The van der Waals surface area contributed by atoms with Gasteiger partial charge in [0.05, 0.1) is 0 Å². The van der Waals surface area contributed by atoms with Crippen LogP contribution in [0.3, 0.4) is 0 Å². The van der Waals surface area contributed by atoms with Crippen molar-refractivity contribution in [3.8, 4) is 0 Å². The minimum absolute atomic E-state index is 0.201. The zero-order chi connectivity index (χ0) is 11.8. The average Bonchev–Trinajstić information content (AvgIpc) is 2.28. The van der Waals surface area contributed by atoms with Crippen LogP contribution in [0, 0.1) is 0 Å². The highest BCUT2D eigenvalue weighted by atomic mass is 35.5. The highest BCUT2D eigenvalue weighted by Crippen LogP contribution is 2.15. The Morgan fingerprint density at radius 3 is 2.75 bits per heavy atom. The lowest BCUT2D eigenvalue weighted by Gasteiger charge is -2.06. The van der Waals surface area contributed by atoms with E-state index in [-0.39, 0.29) is 12.6 Å². The predicted molar refractivity (Wildman–Crippen MR) is 64.2 cm³/mol. The summed E-state index contributed by atoms with van der Waals surface area (Å²) in [6.45, 7) is 0.846. The second-order valence-corrected chi connectivity index (χ2v) is 3.91. The van der Waals surface area contributed by atoms with Crippen molar-refractivity contribution in [1.82, 2.24) is 0 Å². The Kier molecular flexibility index (Phi) is 5.90. The minimum atomic E-state index is -0.201. The number of nitrogens with two attached hydrogens (primary N) is 1. The SMILES string of the molecule is NCCCCC(=O)OCc1ccccc1Cl. The first-order valence-corrected chi connectivity index (χ1v) is 5.71. The summed E-state index contributed by atoms with van der Waals surface area (Å²) in [5, 5.41) is 0.622. The molecule has 2 N–H and O–H groups in total. The molecule has 0 saturated carbocycles. The van der Waals surface area contributed by atoms with Gasteiger partial charge in [-0.3, -0.25) is 4.79 Å². The van der Waals surface area contributed by atoms with Crippen molar-refractivity contribution >= 4 is 17.6 Å². The zero-order valence-electron chi connectivity index (χ0n) is 9.12. The molecule has 0 aliphatic heterocycles. The molecule has 0 aliphatic carbocycles. The first-order valence-electron chi connectivity index (χ1n) is 5.33. The van der Waals surface area contributed by atoms with Gasteiger partial charge in [0, 0.05) is 17.0 Å². The molecule has 1 aromatic carbocycles. The molecule has 0 spiro atoms. The van der Waals surface area contributed by atoms with Crippen LogP contribution in [0.2, 0.25) is 5.02 Å². The quantitative estimate of drug-likeness (QED) is 0.615. The molecule has 16 heavy (non-hydrogen) atoms. The number of carbonyl (C=O) groups excluding carboxylic acids is 1. The molecule has 88 valence electrons. The van der Waals surface area contributed by atoms with Crippen LogP contribution in [0.15, 0.2) is 24.3 Å². The molecular weight excluding hydrogens is 226 g/mol. The predicted octanol–water partition coefficient (Wildman–Crippen LogP) is 2.51. The highest BCUT2D eigenvalue weighted by molar-refractivity contribution is 6.31. The molecule has 0 unspecified atom stereocenters. The van der Waals surface area contributed by atoms with Crippen LogP contribution in [-0.4, -0.2) is 12.5 Å². The first-order chi connectivity index (χ1) is 7.74. The molecule has 3 nitrogen and oxygen atoms in total. The topological polar surface area (TPSA) is 52.3 Å². The van der Waals surface area contributed by atoms with Crippen molar-refractivity contribution in [1.29, 1.82) is 0 Å². The summed E-state index contributed by atoms with van der Waals surface area (Å²) in [6, 6.07) is 7.33. The van der Waals surface area contributed by atoms with Gasteiger partial charge in [-0.2, -0.15) is 0 Å². The minimum Gasteiger partial charge on any atom is -0.461 e. The number of unbranched alkanes of at least 4 members (excludes halogenated alkanes) is 1. The van der Waals surface area contributed by atoms with E-state index in [0.29, 0.717) is 18.0 Å². The zero-order valence-corrected chi connectivity index (χ0v) is 9.87. The van der Waals surface area contributed by atoms with Gasteiger partial charge >= 0.3 is 5.97 Å². The van der Waals surface area contributed by atoms with E-state index in [0.717, 1.165) is 18.4 Å². The summed E-state index contributed by atoms with van der Waals surface area (Å²) in [5.74, 6) is -0.201. The Balaban J connectivity index is 2.29. The summed E-state index contributed by atoms with van der Waals surface area (Å²) in [5.41, 5.74) is 6.16. The maximum Gasteiger partial charge on any atom is 0.306 e. The molecule has 0 saturated heterocycles. The Bertz CT molecular complexity index is 342. The average molecular weight is 242 g/mol. The molecule has 0 aromatic heterocycles. The maximum absolute atomic E-state index is 11.3. The molecule has 0 fully saturated rings. The lowest BCUT2D eigenvalue weighted by Crippen LogP contribution is -2.06. The molecule has 0 aliphatic rings. The van der Waals surface area contributed by atoms with Crippen molar-refractivity contribution in [3.05, 3.63) is 34.9 Å². The van der Waals surface area contributed by atoms with Crippen LogP contribution in [0.1, 0.15) is 24.8 Å². The molecule has 0 heterocycles. The lowest BCUT2D eigenvalue weighted by atomic mass is 10.2. The molecule has 1 rings (SSSR count). The Morgan fingerprint density at radius 1 is 1.31 bits per heavy atom. The van der Waals surface area contributed by atoms with Crippen molar-refractivity contribution in [2.24, 2.45) is 5.73 Å². The number of ether oxygens (including phenoxy) is 1. The van der Waals surface area contributed by atoms with Gasteiger partial charge in [0.2, 0.25) is 0 Å². The fourth-order valence-electron chi connectivity index (χ4n) is 1.26. The molecular formula is C12H16ClNO2. The van der Waals surface area contributed by atoms with Gasteiger partial charge in [-0.25, -0.2) is 0 Å². The number of benzene rings is 1. The van der Waals surface area contributed by atoms with Crippen molar-refractivity contribution < 1.29 is 9.53 Å². The van der Waals surface area contributed by atoms with E-state index in [4.69, 9.17) is 22.1 Å². The van der Waals surface area contributed by atoms with E-state index in [2.05, 4.69) is 0 Å². The van der Waals surface area contributed by atoms with E-state index in [1.54, 1.807) is 6.07 Å². The number of carbonyl (C=O) groups is 1. The van der Waals surface area contributed by atoms with Gasteiger partial charge in [-0.05, 0) is 25.5 Å². The van der Waals surface area contributed by atoms with Gasteiger partial charge in [0.1, 0.15) is 6.61 Å². The highest BCUT2D eigenvalue weighted by Gasteiger charge is 2.04. The fourth-order valence-corrected chi connectivity index (χ4v) is 1.45. The molecule has 0 atom stereocenters. The second-order valence-electron chi connectivity index (χ2n) is 3.50. The van der Waals surface area contributed by atoms with Gasteiger partial charge in [-0.15, -0.1) is 0 Å². The number of rotatable bonds is 6. The third kappa shape index (κ3) is 4.64. The first kappa shape index (κ1) is 13.0. The van der Waals surface area contributed by atoms with Crippen LogP contribution in [0.4, 0.5) is 0 Å². The van der Waals surface area contributed by atoms with E-state index in [1.165, 1.54) is 0 Å². The summed E-state index contributed by atoms with van der Waals surface area (Å²) in [4.78, 5) is 11.3. The molecule has 4 heteroatoms. The number of hydrogen-bond donors (Lipinski definition) is 1. The van der Waals surface area contributed by atoms with E-state index in [9.17, 15) is 4.79 Å². The third-order valence-electron chi connectivity index (χ3n) is 2.18. The number of esters is 1. The van der Waals surface area contributed by atoms with E-state index in [1.807, 2.05) is 18.2 Å². The molecule has 0 bridgehead atoms. The molecule has 0 amide bonds. The summed E-state index contributed by atoms with van der Waals surface area (Å²) in [7, 11) is 0. The Morgan fingerprint density at radius 2 is 2.06 bits per heavy atom. The summed E-state index contributed by atoms with van der Waals surface area (Å²) in [6.07, 6.45) is 2.04. The smallest absolute Gasteiger partial charge is 0.306 e. The van der Waals surface area contributed by atoms with Gasteiger partial charge < -0.3 is 10.5 Å². The molecule has 1 aromatic rings. The van der Waals surface area contributed by atoms with Gasteiger partial charge in [-0.1, -0.05) is 29.8 Å². The summed E-state index contributed by atoms with van der Waals surface area (Å²) >= 11 is 5.93. The Labute approximate surface area is 101 Å². The largest absolute Gasteiger partial charge is 0.461 e. The second kappa shape index (κ2) is 7.25. The standard InChI is InChI=1S/C12H16ClNO2/c13-11-6-2-1-5-10(11)9-16-12(15)7-3-4-8-14/h1-2,5-6H,3-4,7-9,14H2. The lowest BCUT2D eigenvalue weighted by molar-refractivity contribution is -0.145. The van der Waals surface area contributed by atoms with Crippen molar-refractivity contribution in [3.63, 3.8) is 0 Å². The van der Waals surface area contributed by atoms with Gasteiger partial charge in [0.15, 0.2) is 0 Å². The Hall–Kier alpha value is -1.06. The van der Waals surface area contributed by atoms with E-state index >= 15 is 0 Å². The van der Waals surface area contributed by atoms with Crippen LogP contribution in [0.5, 0.6) is 0 Å². The normalized spacial score (nSPS) is 10.1. The number of halogens is 1. The van der Waals surface area contributed by atoms with Crippen LogP contribution in [-0.2, 0) is 16.1 Å².